The molecule has 0 aromatic carbocycles. The molecule has 1 atom stereocenters. The molecule has 1 aliphatic carbocycles. The van der Waals surface area contributed by atoms with E-state index in [2.05, 4.69) is 11.4 Å². The van der Waals surface area contributed by atoms with Gasteiger partial charge in [-0.1, -0.05) is 0 Å². The lowest BCUT2D eigenvalue weighted by Gasteiger charge is -2.24. The third kappa shape index (κ3) is 4.33. The van der Waals surface area contributed by atoms with Crippen molar-refractivity contribution in [1.82, 2.24) is 10.2 Å². The Bertz CT molecular complexity index is 308. The molecule has 96 valence electrons. The zero-order chi connectivity index (χ0) is 12.9. The molecular formula is C12H22N4O. The van der Waals surface area contributed by atoms with Gasteiger partial charge in [0.1, 0.15) is 5.54 Å². The van der Waals surface area contributed by atoms with E-state index < -0.39 is 5.54 Å². The largest absolute Gasteiger partial charge is 0.337 e. The highest BCUT2D eigenvalue weighted by atomic mass is 16.2. The minimum absolute atomic E-state index is 0.0829. The van der Waals surface area contributed by atoms with Crippen LogP contribution in [0.3, 0.4) is 0 Å². The van der Waals surface area contributed by atoms with Crippen LogP contribution in [0.1, 0.15) is 26.2 Å². The molecule has 5 heteroatoms. The van der Waals surface area contributed by atoms with Gasteiger partial charge in [-0.05, 0) is 52.2 Å². The van der Waals surface area contributed by atoms with Crippen LogP contribution in [0.5, 0.6) is 0 Å². The van der Waals surface area contributed by atoms with Crippen LogP contribution in [0.15, 0.2) is 0 Å². The molecule has 0 aliphatic heterocycles. The molecule has 0 bridgehead atoms. The third-order valence-corrected chi connectivity index (χ3v) is 3.18. The number of hydrogen-bond acceptors (Lipinski definition) is 4. The number of nitriles is 1. The SMILES string of the molecule is CN(CCCN)CC(=O)NC(C)(C#N)C1CC1. The predicted octanol–water partition coefficient (Wildman–Crippen LogP) is 0.0755. The van der Waals surface area contributed by atoms with Crippen LogP contribution in [0, 0.1) is 17.2 Å². The quantitative estimate of drug-likeness (QED) is 0.658. The van der Waals surface area contributed by atoms with E-state index in [0.717, 1.165) is 25.8 Å². The number of carbonyl (C=O) groups is 1. The summed E-state index contributed by atoms with van der Waals surface area (Å²) in [7, 11) is 1.88. The van der Waals surface area contributed by atoms with Crippen molar-refractivity contribution < 1.29 is 4.79 Å². The number of carbonyl (C=O) groups excluding carboxylic acids is 1. The second-order valence-electron chi connectivity index (χ2n) is 5.02. The van der Waals surface area contributed by atoms with Crippen LogP contribution in [0.25, 0.3) is 0 Å². The second kappa shape index (κ2) is 5.99. The number of nitrogens with one attached hydrogen (secondary N) is 1. The molecule has 0 heterocycles. The fourth-order valence-corrected chi connectivity index (χ4v) is 1.90. The van der Waals surface area contributed by atoms with E-state index in [9.17, 15) is 4.79 Å². The molecule has 5 nitrogen and oxygen atoms in total. The first-order valence-electron chi connectivity index (χ1n) is 6.12. The summed E-state index contributed by atoms with van der Waals surface area (Å²) in [5.41, 5.74) is 4.72. The van der Waals surface area contributed by atoms with Crippen molar-refractivity contribution in [1.29, 1.82) is 5.26 Å². The maximum atomic E-state index is 11.8. The van der Waals surface area contributed by atoms with E-state index in [1.807, 2.05) is 18.9 Å². The lowest BCUT2D eigenvalue weighted by atomic mass is 9.98. The summed E-state index contributed by atoms with van der Waals surface area (Å²) in [5.74, 6) is 0.242. The van der Waals surface area contributed by atoms with Crippen molar-refractivity contribution in [2.75, 3.05) is 26.7 Å². The van der Waals surface area contributed by atoms with Crippen LogP contribution in [0.2, 0.25) is 0 Å². The number of likely N-dealkylation sites (N-methyl/N-ethyl adjacent to an activating group) is 1. The zero-order valence-electron chi connectivity index (χ0n) is 10.7. The number of nitrogens with zero attached hydrogens (tertiary/aromatic N) is 2. The van der Waals surface area contributed by atoms with Crippen LogP contribution >= 0.6 is 0 Å². The van der Waals surface area contributed by atoms with Gasteiger partial charge in [0.25, 0.3) is 0 Å². The Kier molecular flexibility index (Phi) is 4.91. The summed E-state index contributed by atoms with van der Waals surface area (Å²) in [4.78, 5) is 13.7. The number of nitrogens with two attached hydrogens (primary N) is 1. The molecule has 1 fully saturated rings. The van der Waals surface area contributed by atoms with Crippen molar-refractivity contribution in [3.8, 4) is 6.07 Å². The van der Waals surface area contributed by atoms with E-state index >= 15 is 0 Å². The molecule has 0 aromatic rings. The van der Waals surface area contributed by atoms with Gasteiger partial charge >= 0.3 is 0 Å². The highest BCUT2D eigenvalue weighted by molar-refractivity contribution is 5.79. The Morgan fingerprint density at radius 1 is 1.65 bits per heavy atom. The normalized spacial score (nSPS) is 18.5. The lowest BCUT2D eigenvalue weighted by Crippen LogP contribution is -2.49. The molecule has 0 radical (unpaired) electrons. The van der Waals surface area contributed by atoms with Gasteiger partial charge in [0.2, 0.25) is 5.91 Å². The van der Waals surface area contributed by atoms with Crippen LogP contribution < -0.4 is 11.1 Å². The minimum Gasteiger partial charge on any atom is -0.337 e. The van der Waals surface area contributed by atoms with Gasteiger partial charge in [-0.15, -0.1) is 0 Å². The predicted molar refractivity (Wildman–Crippen MR) is 66.1 cm³/mol. The fourth-order valence-electron chi connectivity index (χ4n) is 1.90. The standard InChI is InChI=1S/C12H22N4O/c1-12(9-14,10-4-5-10)15-11(17)8-16(2)7-3-6-13/h10H,3-8,13H2,1-2H3,(H,15,17). The zero-order valence-corrected chi connectivity index (χ0v) is 10.7. The second-order valence-corrected chi connectivity index (χ2v) is 5.02. The highest BCUT2D eigenvalue weighted by Gasteiger charge is 2.42. The maximum Gasteiger partial charge on any atom is 0.235 e. The molecule has 1 rings (SSSR count). The summed E-state index contributed by atoms with van der Waals surface area (Å²) in [6.07, 6.45) is 2.95. The van der Waals surface area contributed by atoms with Crippen molar-refractivity contribution in [3.63, 3.8) is 0 Å². The number of amides is 1. The first kappa shape index (κ1) is 13.9. The van der Waals surface area contributed by atoms with Gasteiger partial charge in [-0.3, -0.25) is 9.69 Å². The summed E-state index contributed by atoms with van der Waals surface area (Å²) in [6.45, 7) is 3.56. The summed E-state index contributed by atoms with van der Waals surface area (Å²) in [5, 5.41) is 12.0. The lowest BCUT2D eigenvalue weighted by molar-refractivity contribution is -0.123. The molecule has 1 saturated carbocycles. The molecule has 1 amide bonds. The Morgan fingerprint density at radius 2 is 2.29 bits per heavy atom. The van der Waals surface area contributed by atoms with Gasteiger partial charge in [0.15, 0.2) is 0 Å². The van der Waals surface area contributed by atoms with Gasteiger partial charge < -0.3 is 11.1 Å². The van der Waals surface area contributed by atoms with E-state index in [1.165, 1.54) is 0 Å². The smallest absolute Gasteiger partial charge is 0.235 e. The van der Waals surface area contributed by atoms with Crippen molar-refractivity contribution in [2.45, 2.75) is 31.7 Å². The highest BCUT2D eigenvalue weighted by Crippen LogP contribution is 2.39. The van der Waals surface area contributed by atoms with Crippen molar-refractivity contribution in [3.05, 3.63) is 0 Å². The Hall–Kier alpha value is -1.12. The Labute approximate surface area is 103 Å². The molecule has 1 unspecified atom stereocenters. The van der Waals surface area contributed by atoms with Gasteiger partial charge in [-0.25, -0.2) is 0 Å². The van der Waals surface area contributed by atoms with Crippen LogP contribution in [0.4, 0.5) is 0 Å². The average Bonchev–Trinajstić information content (AvgIpc) is 3.09. The van der Waals surface area contributed by atoms with Gasteiger partial charge in [0.05, 0.1) is 12.6 Å². The van der Waals surface area contributed by atoms with E-state index in [-0.39, 0.29) is 5.91 Å². The molecule has 3 N–H and O–H groups in total. The summed E-state index contributed by atoms with van der Waals surface area (Å²) >= 11 is 0. The molecule has 0 saturated heterocycles. The first-order valence-corrected chi connectivity index (χ1v) is 6.12. The summed E-state index contributed by atoms with van der Waals surface area (Å²) < 4.78 is 0. The van der Waals surface area contributed by atoms with E-state index in [1.54, 1.807) is 0 Å². The van der Waals surface area contributed by atoms with Crippen LogP contribution in [-0.4, -0.2) is 43.0 Å². The van der Waals surface area contributed by atoms with E-state index in [0.29, 0.717) is 19.0 Å². The molecule has 0 spiro atoms. The maximum absolute atomic E-state index is 11.8. The monoisotopic (exact) mass is 238 g/mol. The third-order valence-electron chi connectivity index (χ3n) is 3.18. The Balaban J connectivity index is 2.35. The average molecular weight is 238 g/mol. The molecule has 0 aromatic heterocycles. The first-order chi connectivity index (χ1) is 8.01. The topological polar surface area (TPSA) is 82.2 Å². The minimum atomic E-state index is -0.689. The number of rotatable bonds is 7. The van der Waals surface area contributed by atoms with Crippen LogP contribution in [-0.2, 0) is 4.79 Å². The molecule has 17 heavy (non-hydrogen) atoms. The molecular weight excluding hydrogens is 216 g/mol. The number of hydrogen-bond donors (Lipinski definition) is 2. The Morgan fingerprint density at radius 3 is 2.76 bits per heavy atom. The van der Waals surface area contributed by atoms with Gasteiger partial charge in [-0.2, -0.15) is 5.26 Å². The summed E-state index contributed by atoms with van der Waals surface area (Å²) in [6, 6.07) is 2.22. The van der Waals surface area contributed by atoms with Crippen molar-refractivity contribution >= 4 is 5.91 Å². The van der Waals surface area contributed by atoms with Crippen molar-refractivity contribution in [2.24, 2.45) is 11.7 Å². The molecule has 1 aliphatic rings. The van der Waals surface area contributed by atoms with Gasteiger partial charge in [0, 0.05) is 0 Å². The van der Waals surface area contributed by atoms with E-state index in [4.69, 9.17) is 11.0 Å². The fraction of sp³-hybridized carbons (Fsp3) is 0.833.